The van der Waals surface area contributed by atoms with Crippen molar-refractivity contribution in [3.05, 3.63) is 69.9 Å². The van der Waals surface area contributed by atoms with Gasteiger partial charge in [-0.3, -0.25) is 14.3 Å². The second-order valence-electron chi connectivity index (χ2n) is 8.88. The van der Waals surface area contributed by atoms with E-state index in [1.807, 2.05) is 23.1 Å². The molecule has 0 saturated carbocycles. The van der Waals surface area contributed by atoms with Gasteiger partial charge in [-0.15, -0.1) is 13.2 Å². The Morgan fingerprint density at radius 2 is 1.95 bits per heavy atom. The van der Waals surface area contributed by atoms with Crippen LogP contribution in [0.5, 0.6) is 11.8 Å². The molecule has 0 unspecified atom stereocenters. The average molecular weight is 517 g/mol. The largest absolute Gasteiger partial charge is 0.573 e. The number of fused-ring (bicyclic) bond motifs is 2. The highest BCUT2D eigenvalue weighted by molar-refractivity contribution is 5.78. The Kier molecular flexibility index (Phi) is 6.46. The smallest absolute Gasteiger partial charge is 0.444 e. The first-order valence-electron chi connectivity index (χ1n) is 11.5. The number of nitrogens with one attached hydrogen (secondary N) is 1. The van der Waals surface area contributed by atoms with E-state index in [2.05, 4.69) is 15.0 Å². The molecule has 1 aromatic heterocycles. The van der Waals surface area contributed by atoms with Gasteiger partial charge in [0, 0.05) is 18.1 Å². The number of nitro groups is 1. The molecule has 2 aromatic carbocycles. The maximum Gasteiger partial charge on any atom is 0.573 e. The summed E-state index contributed by atoms with van der Waals surface area (Å²) in [7, 11) is 0. The van der Waals surface area contributed by atoms with E-state index >= 15 is 0 Å². The third-order valence-corrected chi connectivity index (χ3v) is 6.20. The summed E-state index contributed by atoms with van der Waals surface area (Å²) in [6, 6.07) is 11.5. The second kappa shape index (κ2) is 9.73. The first-order chi connectivity index (χ1) is 17.6. The zero-order chi connectivity index (χ0) is 26.2. The first-order valence-corrected chi connectivity index (χ1v) is 11.5. The molecule has 1 amide bonds. The molecule has 13 heteroatoms. The van der Waals surface area contributed by atoms with E-state index in [0.29, 0.717) is 19.6 Å². The lowest BCUT2D eigenvalue weighted by atomic mass is 9.94. The average Bonchev–Trinajstić information content (AvgIpc) is 3.27. The van der Waals surface area contributed by atoms with E-state index in [1.54, 1.807) is 12.1 Å². The fraction of sp³-hybridized carbons (Fsp3) is 0.333. The Labute approximate surface area is 208 Å². The second-order valence-corrected chi connectivity index (χ2v) is 8.88. The van der Waals surface area contributed by atoms with E-state index in [-0.39, 0.29) is 42.7 Å². The molecule has 5 rings (SSSR count). The molecule has 0 saturated heterocycles. The normalized spacial score (nSPS) is 17.3. The van der Waals surface area contributed by atoms with Gasteiger partial charge in [0.05, 0.1) is 19.1 Å². The minimum atomic E-state index is -4.73. The highest BCUT2D eigenvalue weighted by Gasteiger charge is 2.31. The van der Waals surface area contributed by atoms with Crippen molar-refractivity contribution in [3.63, 3.8) is 0 Å². The van der Waals surface area contributed by atoms with Crippen LogP contribution in [-0.4, -0.2) is 57.4 Å². The molecule has 0 bridgehead atoms. The molecule has 2 aliphatic heterocycles. The van der Waals surface area contributed by atoms with Crippen molar-refractivity contribution in [2.75, 3.05) is 19.7 Å². The van der Waals surface area contributed by atoms with Gasteiger partial charge in [-0.2, -0.15) is 0 Å². The third-order valence-electron chi connectivity index (χ3n) is 6.20. The number of aromatic nitrogens is 2. The predicted octanol–water partition coefficient (Wildman–Crippen LogP) is 3.29. The molecule has 10 nitrogen and oxygen atoms in total. The zero-order valence-electron chi connectivity index (χ0n) is 19.4. The quantitative estimate of drug-likeness (QED) is 0.395. The fourth-order valence-corrected chi connectivity index (χ4v) is 4.52. The molecule has 3 aromatic rings. The fourth-order valence-electron chi connectivity index (χ4n) is 4.52. The highest BCUT2D eigenvalue weighted by atomic mass is 19.4. The van der Waals surface area contributed by atoms with Gasteiger partial charge in [-0.1, -0.05) is 30.3 Å². The molecule has 1 N–H and O–H groups in total. The van der Waals surface area contributed by atoms with Crippen molar-refractivity contribution in [2.24, 2.45) is 0 Å². The van der Waals surface area contributed by atoms with Crippen LogP contribution in [0.25, 0.3) is 11.1 Å². The van der Waals surface area contributed by atoms with Crippen LogP contribution < -0.4 is 14.8 Å². The predicted molar refractivity (Wildman–Crippen MR) is 124 cm³/mol. The Balaban J connectivity index is 1.16. The minimum absolute atomic E-state index is 0.162. The summed E-state index contributed by atoms with van der Waals surface area (Å²) in [6.07, 6.45) is -2.72. The Hall–Kier alpha value is -4.13. The van der Waals surface area contributed by atoms with E-state index < -0.39 is 11.3 Å². The van der Waals surface area contributed by atoms with Crippen molar-refractivity contribution in [2.45, 2.75) is 31.9 Å². The summed E-state index contributed by atoms with van der Waals surface area (Å²) >= 11 is 0. The van der Waals surface area contributed by atoms with E-state index in [0.717, 1.165) is 28.7 Å². The van der Waals surface area contributed by atoms with Gasteiger partial charge in [0.2, 0.25) is 5.91 Å². The van der Waals surface area contributed by atoms with Gasteiger partial charge < -0.3 is 24.9 Å². The van der Waals surface area contributed by atoms with E-state index in [9.17, 15) is 28.1 Å². The Morgan fingerprint density at radius 1 is 1.19 bits per heavy atom. The van der Waals surface area contributed by atoms with E-state index in [1.165, 1.54) is 22.9 Å². The molecule has 1 atom stereocenters. The Morgan fingerprint density at radius 3 is 2.68 bits per heavy atom. The molecular formula is C24H22F3N5O5. The van der Waals surface area contributed by atoms with Crippen LogP contribution in [0.1, 0.15) is 11.1 Å². The van der Waals surface area contributed by atoms with Gasteiger partial charge in [-0.05, 0) is 45.7 Å². The van der Waals surface area contributed by atoms with Crippen LogP contribution in [-0.2, 0) is 24.3 Å². The highest BCUT2D eigenvalue weighted by Crippen LogP contribution is 2.29. The van der Waals surface area contributed by atoms with Gasteiger partial charge in [0.25, 0.3) is 0 Å². The number of imidazole rings is 1. The van der Waals surface area contributed by atoms with Crippen molar-refractivity contribution in [1.29, 1.82) is 0 Å². The third kappa shape index (κ3) is 5.82. The molecular weight excluding hydrogens is 495 g/mol. The number of rotatable bonds is 6. The first kappa shape index (κ1) is 24.6. The molecule has 0 radical (unpaired) electrons. The minimum Gasteiger partial charge on any atom is -0.444 e. The van der Waals surface area contributed by atoms with Gasteiger partial charge in [-0.25, -0.2) is 0 Å². The number of carbonyl (C=O) groups is 1. The maximum atomic E-state index is 12.6. The summed E-state index contributed by atoms with van der Waals surface area (Å²) in [5.74, 6) is -0.743. The summed E-state index contributed by atoms with van der Waals surface area (Å²) in [6.45, 7) is 1.95. The number of hydrogen-bond donors (Lipinski definition) is 1. The molecule has 37 heavy (non-hydrogen) atoms. The number of halogens is 3. The lowest BCUT2D eigenvalue weighted by Gasteiger charge is -2.30. The summed E-state index contributed by atoms with van der Waals surface area (Å²) in [5, 5.41) is 13.8. The number of carbonyl (C=O) groups excluding carboxylic acids is 1. The number of alkyl halides is 3. The standard InChI is InChI=1S/C24H22F3N5O5/c25-24(26,27)37-20-5-3-15(4-6-20)16-1-2-18-10-30(8-7-17(18)9-16)13-22(33)28-19-11-31-12-21(32(34)35)29-23(31)36-14-19/h1-6,9,12,19H,7-8,10-11,13-14H2,(H,28,33)/t19-/m0/s1. The van der Waals surface area contributed by atoms with E-state index in [4.69, 9.17) is 4.74 Å². The van der Waals surface area contributed by atoms with Crippen LogP contribution in [0.3, 0.4) is 0 Å². The molecule has 0 spiro atoms. The van der Waals surface area contributed by atoms with Crippen molar-refractivity contribution < 1.29 is 32.4 Å². The van der Waals surface area contributed by atoms with Crippen LogP contribution in [0, 0.1) is 10.1 Å². The number of hydrogen-bond acceptors (Lipinski definition) is 7. The van der Waals surface area contributed by atoms with Crippen LogP contribution in [0.15, 0.2) is 48.7 Å². The molecule has 194 valence electrons. The molecule has 3 heterocycles. The van der Waals surface area contributed by atoms with Crippen LogP contribution in [0.4, 0.5) is 19.0 Å². The molecule has 0 fully saturated rings. The number of ether oxygens (including phenoxy) is 2. The maximum absolute atomic E-state index is 12.6. The van der Waals surface area contributed by atoms with Crippen molar-refractivity contribution in [1.82, 2.24) is 19.8 Å². The van der Waals surface area contributed by atoms with Crippen LogP contribution in [0.2, 0.25) is 0 Å². The SMILES string of the molecule is O=C(CN1CCc2cc(-c3ccc(OC(F)(F)F)cc3)ccc2C1)N[C@@H]1COc2nc([N+](=O)[O-])cn2C1. The van der Waals surface area contributed by atoms with Gasteiger partial charge >= 0.3 is 18.2 Å². The van der Waals surface area contributed by atoms with Gasteiger partial charge in [0.15, 0.2) is 0 Å². The van der Waals surface area contributed by atoms with Crippen molar-refractivity contribution >= 4 is 11.7 Å². The van der Waals surface area contributed by atoms with Crippen molar-refractivity contribution in [3.8, 4) is 22.9 Å². The number of benzene rings is 2. The number of nitrogens with zero attached hydrogens (tertiary/aromatic N) is 4. The lowest BCUT2D eigenvalue weighted by molar-refractivity contribution is -0.389. The lowest BCUT2D eigenvalue weighted by Crippen LogP contribution is -2.48. The molecule has 0 aliphatic carbocycles. The zero-order valence-corrected chi connectivity index (χ0v) is 19.4. The monoisotopic (exact) mass is 517 g/mol. The Bertz CT molecular complexity index is 1330. The summed E-state index contributed by atoms with van der Waals surface area (Å²) in [4.78, 5) is 28.8. The number of amides is 1. The topological polar surface area (TPSA) is 112 Å². The molecule has 2 aliphatic rings. The van der Waals surface area contributed by atoms with Gasteiger partial charge in [0.1, 0.15) is 18.6 Å². The van der Waals surface area contributed by atoms with Crippen LogP contribution >= 0.6 is 0 Å². The summed E-state index contributed by atoms with van der Waals surface area (Å²) in [5.41, 5.74) is 3.87. The summed E-state index contributed by atoms with van der Waals surface area (Å²) < 4.78 is 48.0.